The van der Waals surface area contributed by atoms with Gasteiger partial charge in [-0.2, -0.15) is 0 Å². The molecule has 0 atom stereocenters. The van der Waals surface area contributed by atoms with Gasteiger partial charge in [-0.3, -0.25) is 0 Å². The molecule has 1 saturated heterocycles. The number of carbonyl (C=O) groups is 2. The maximum Gasteiger partial charge on any atom is 0.496 e. The van der Waals surface area contributed by atoms with E-state index in [0.29, 0.717) is 52.8 Å². The van der Waals surface area contributed by atoms with Crippen molar-refractivity contribution in [2.75, 3.05) is 0 Å². The Hall–Kier alpha value is -5.00. The first-order valence-corrected chi connectivity index (χ1v) is 16.9. The van der Waals surface area contributed by atoms with E-state index in [9.17, 15) is 9.59 Å². The van der Waals surface area contributed by atoms with Crippen molar-refractivity contribution in [3.63, 3.8) is 0 Å². The van der Waals surface area contributed by atoms with Gasteiger partial charge in [0.2, 0.25) is 11.6 Å². The smallest absolute Gasteiger partial charge is 0.489 e. The molecule has 0 aromatic heterocycles. The quantitative estimate of drug-likeness (QED) is 0.143. The molecule has 0 aliphatic carbocycles. The predicted octanol–water partition coefficient (Wildman–Crippen LogP) is 7.40. The molecule has 3 aliphatic heterocycles. The number of fused-ring (bicyclic) bond motifs is 2. The van der Waals surface area contributed by atoms with Gasteiger partial charge in [-0.15, -0.1) is 0 Å². The zero-order chi connectivity index (χ0) is 36.6. The highest BCUT2D eigenvalue weighted by Crippen LogP contribution is 2.40. The van der Waals surface area contributed by atoms with Gasteiger partial charge in [0.05, 0.1) is 11.2 Å². The van der Waals surface area contributed by atoms with Crippen molar-refractivity contribution in [2.24, 2.45) is 0 Å². The van der Waals surface area contributed by atoms with E-state index in [1.165, 1.54) is 0 Å². The van der Waals surface area contributed by atoms with Crippen LogP contribution in [0.3, 0.4) is 0 Å². The fraction of sp³-hybridized carbons (Fsp3) is 0.350. The molecule has 0 amide bonds. The number of hydrogen-bond donors (Lipinski definition) is 0. The van der Waals surface area contributed by atoms with Crippen LogP contribution in [0.5, 0.6) is 23.0 Å². The molecule has 3 aliphatic rings. The average Bonchev–Trinajstić information content (AvgIpc) is 3.28. The Labute approximate surface area is 299 Å². The molecular formula is C40H43BO10. The van der Waals surface area contributed by atoms with Crippen molar-refractivity contribution in [1.29, 1.82) is 0 Å². The van der Waals surface area contributed by atoms with Crippen LogP contribution in [0.2, 0.25) is 0 Å². The zero-order valence-electron chi connectivity index (χ0n) is 30.2. The topological polar surface area (TPSA) is 108 Å². The molecular weight excluding hydrogens is 651 g/mol. The van der Waals surface area contributed by atoms with E-state index in [1.807, 2.05) is 88.4 Å². The van der Waals surface area contributed by atoms with Crippen LogP contribution < -0.4 is 24.4 Å². The van der Waals surface area contributed by atoms with Crippen molar-refractivity contribution < 1.29 is 47.3 Å². The minimum Gasteiger partial charge on any atom is -0.489 e. The van der Waals surface area contributed by atoms with Crippen molar-refractivity contribution in [3.8, 4) is 23.0 Å². The summed E-state index contributed by atoms with van der Waals surface area (Å²) in [5.41, 5.74) is 2.27. The van der Waals surface area contributed by atoms with Crippen LogP contribution in [-0.2, 0) is 32.0 Å². The number of hydrogen-bond acceptors (Lipinski definition) is 10. The van der Waals surface area contributed by atoms with Gasteiger partial charge in [0, 0.05) is 45.3 Å². The van der Waals surface area contributed by atoms with E-state index >= 15 is 0 Å². The molecule has 11 heteroatoms. The second-order valence-electron chi connectivity index (χ2n) is 14.5. The highest BCUT2D eigenvalue weighted by Gasteiger charge is 2.53. The van der Waals surface area contributed by atoms with E-state index in [2.05, 4.69) is 0 Å². The largest absolute Gasteiger partial charge is 0.496 e. The van der Waals surface area contributed by atoms with Crippen LogP contribution in [0.4, 0.5) is 0 Å². The van der Waals surface area contributed by atoms with Crippen LogP contribution in [0.15, 0.2) is 91.0 Å². The van der Waals surface area contributed by atoms with Gasteiger partial charge in [-0.05, 0) is 57.0 Å². The summed E-state index contributed by atoms with van der Waals surface area (Å²) < 4.78 is 46.4. The van der Waals surface area contributed by atoms with Crippen LogP contribution in [0.1, 0.15) is 87.2 Å². The van der Waals surface area contributed by atoms with Gasteiger partial charge in [-0.1, -0.05) is 60.7 Å². The van der Waals surface area contributed by atoms with Gasteiger partial charge in [0.1, 0.15) is 47.3 Å². The molecule has 7 rings (SSSR count). The first-order chi connectivity index (χ1) is 24.0. The molecule has 3 heterocycles. The van der Waals surface area contributed by atoms with Crippen molar-refractivity contribution >= 4 is 24.5 Å². The Morgan fingerprint density at radius 1 is 0.549 bits per heavy atom. The maximum atomic E-state index is 12.8. The lowest BCUT2D eigenvalue weighted by Crippen LogP contribution is -2.45. The Morgan fingerprint density at radius 2 is 1.04 bits per heavy atom. The van der Waals surface area contributed by atoms with E-state index in [-0.39, 0.29) is 5.97 Å². The molecule has 4 aromatic carbocycles. The third kappa shape index (κ3) is 8.16. The molecule has 266 valence electrons. The highest BCUT2D eigenvalue weighted by atomic mass is 16.7. The van der Waals surface area contributed by atoms with Crippen molar-refractivity contribution in [2.45, 2.75) is 91.4 Å². The number of esters is 2. The van der Waals surface area contributed by atoms with Crippen LogP contribution in [0, 0.1) is 0 Å². The molecule has 51 heavy (non-hydrogen) atoms. The van der Waals surface area contributed by atoms with Gasteiger partial charge in [0.25, 0.3) is 0 Å². The Kier molecular flexibility index (Phi) is 9.56. The molecule has 0 N–H and O–H groups in total. The summed E-state index contributed by atoms with van der Waals surface area (Å²) in [4.78, 5) is 24.7. The standard InChI is InChI=1S/C23H27BO6.C17H16O4/c1-21(2)22(3,4)30-24(29-21)17-12-16(26-14-15-10-8-7-9-11-15)13-18-19(17)20(25)28-23(5,6)27-18;1-17(2)20-15-10-13(8-9-14(15)16(18)21-17)19-11-12-6-4-3-5-7-12/h7-13H,14H2,1-6H3;3-10H,11H2,1-2H3. The Morgan fingerprint density at radius 3 is 1.61 bits per heavy atom. The molecule has 4 aromatic rings. The maximum absolute atomic E-state index is 12.8. The summed E-state index contributed by atoms with van der Waals surface area (Å²) >= 11 is 0. The molecule has 0 spiro atoms. The third-order valence-electron chi connectivity index (χ3n) is 8.88. The Bertz CT molecular complexity index is 1890. The molecule has 1 fully saturated rings. The van der Waals surface area contributed by atoms with Gasteiger partial charge in [-0.25, -0.2) is 9.59 Å². The minimum atomic E-state index is -1.07. The lowest BCUT2D eigenvalue weighted by Gasteiger charge is -2.33. The Balaban J connectivity index is 0.000000187. The molecule has 0 saturated carbocycles. The fourth-order valence-electron chi connectivity index (χ4n) is 5.60. The number of cyclic esters (lactones) is 2. The van der Waals surface area contributed by atoms with E-state index < -0.39 is 35.9 Å². The summed E-state index contributed by atoms with van der Waals surface area (Å²) in [6.45, 7) is 15.5. The molecule has 0 bridgehead atoms. The van der Waals surface area contributed by atoms with Gasteiger partial charge >= 0.3 is 19.1 Å². The normalized spacial score (nSPS) is 18.7. The monoisotopic (exact) mass is 694 g/mol. The molecule has 0 unspecified atom stereocenters. The van der Waals surface area contributed by atoms with Gasteiger partial charge in [0.15, 0.2) is 0 Å². The van der Waals surface area contributed by atoms with Gasteiger partial charge < -0.3 is 37.7 Å². The molecule has 10 nitrogen and oxygen atoms in total. The first kappa shape index (κ1) is 35.8. The fourth-order valence-corrected chi connectivity index (χ4v) is 5.60. The van der Waals surface area contributed by atoms with E-state index in [0.717, 1.165) is 11.1 Å². The first-order valence-electron chi connectivity index (χ1n) is 16.9. The highest BCUT2D eigenvalue weighted by molar-refractivity contribution is 6.64. The van der Waals surface area contributed by atoms with Crippen LogP contribution in [0.25, 0.3) is 0 Å². The van der Waals surface area contributed by atoms with E-state index in [4.69, 9.17) is 37.7 Å². The lowest BCUT2D eigenvalue weighted by atomic mass is 9.75. The lowest BCUT2D eigenvalue weighted by molar-refractivity contribution is -0.128. The summed E-state index contributed by atoms with van der Waals surface area (Å²) in [7, 11) is -0.749. The van der Waals surface area contributed by atoms with Crippen molar-refractivity contribution in [3.05, 3.63) is 113 Å². The number of ether oxygens (including phenoxy) is 6. The third-order valence-corrected chi connectivity index (χ3v) is 8.88. The number of carbonyl (C=O) groups excluding carboxylic acids is 2. The molecule has 0 radical (unpaired) electrons. The summed E-state index contributed by atoms with van der Waals surface area (Å²) in [6.07, 6.45) is 0. The summed E-state index contributed by atoms with van der Waals surface area (Å²) in [6, 6.07) is 28.4. The van der Waals surface area contributed by atoms with Crippen molar-refractivity contribution in [1.82, 2.24) is 0 Å². The second-order valence-corrected chi connectivity index (χ2v) is 14.5. The summed E-state index contributed by atoms with van der Waals surface area (Å²) in [5, 5.41) is 0. The van der Waals surface area contributed by atoms with E-state index in [1.54, 1.807) is 58.0 Å². The number of benzene rings is 4. The predicted molar refractivity (Wildman–Crippen MR) is 190 cm³/mol. The van der Waals surface area contributed by atoms with Crippen LogP contribution in [-0.4, -0.2) is 41.8 Å². The SMILES string of the molecule is CC1(C)OC(=O)c2c(cc(OCc3ccccc3)cc2B2OC(C)(C)C(C)(C)O2)O1.CC1(C)OC(=O)c2ccc(OCc3ccccc3)cc2O1. The average molecular weight is 695 g/mol. The van der Waals surface area contributed by atoms with Crippen LogP contribution >= 0.6 is 0 Å². The second kappa shape index (κ2) is 13.6. The minimum absolute atomic E-state index is 0.305. The summed E-state index contributed by atoms with van der Waals surface area (Å²) in [5.74, 6) is -0.780. The zero-order valence-corrected chi connectivity index (χ0v) is 30.2. The number of rotatable bonds is 7.